The molecule has 1 aliphatic heterocycles. The number of ether oxygens (including phenoxy) is 3. The van der Waals surface area contributed by atoms with Crippen molar-refractivity contribution in [3.63, 3.8) is 0 Å². The van der Waals surface area contributed by atoms with E-state index in [9.17, 15) is 0 Å². The van der Waals surface area contributed by atoms with Crippen LogP contribution in [0.15, 0.2) is 30.3 Å². The van der Waals surface area contributed by atoms with Crippen LogP contribution in [0.4, 0.5) is 0 Å². The first-order valence-corrected chi connectivity index (χ1v) is 20.6. The molecule has 0 unspecified atom stereocenters. The summed E-state index contributed by atoms with van der Waals surface area (Å²) in [7, 11) is 0. The fourth-order valence-corrected chi connectivity index (χ4v) is 22.9. The quantitative estimate of drug-likeness (QED) is 0.211. The topological polar surface area (TPSA) is 27.7 Å². The van der Waals surface area contributed by atoms with E-state index in [4.69, 9.17) is 14.2 Å². The third-order valence-electron chi connectivity index (χ3n) is 6.95. The van der Waals surface area contributed by atoms with E-state index in [-0.39, 0.29) is 12.2 Å². The normalized spacial score (nSPS) is 20.6. The second-order valence-electron chi connectivity index (χ2n) is 9.90. The third kappa shape index (κ3) is 8.01. The van der Waals surface area contributed by atoms with Crippen molar-refractivity contribution in [3.8, 4) is 0 Å². The van der Waals surface area contributed by atoms with Crippen LogP contribution in [0.5, 0.6) is 0 Å². The maximum absolute atomic E-state index is 7.21. The number of hydrogen-bond acceptors (Lipinski definition) is 3. The molecule has 1 fully saturated rings. The summed E-state index contributed by atoms with van der Waals surface area (Å²) in [4.78, 5) is 0. The molecule has 1 aliphatic rings. The standard InChI is InChI=1S/C15H21O3.3C4H9.Sn/c1-4-10-16-14(12-8-6-5-7-9-12)13-11-17-15(2,3)18-13;3*1-3-4-2;/h5-10,13-14H,4,11H2,1-3H3;3*1,3-4H2,2H3;/t13-,14-;;;;/m1..../s1. The van der Waals surface area contributed by atoms with Crippen LogP contribution in [-0.4, -0.2) is 41.0 Å². The number of benzene rings is 1. The molecule has 0 saturated carbocycles. The van der Waals surface area contributed by atoms with E-state index in [0.29, 0.717) is 10.7 Å². The number of unbranched alkanes of at least 4 members (excludes halogenated alkanes) is 3. The Morgan fingerprint density at radius 3 is 1.90 bits per heavy atom. The molecule has 1 aromatic carbocycles. The van der Waals surface area contributed by atoms with E-state index in [2.05, 4.69) is 58.0 Å². The second kappa shape index (κ2) is 13.6. The molecule has 31 heavy (non-hydrogen) atoms. The van der Waals surface area contributed by atoms with Crippen molar-refractivity contribution in [1.82, 2.24) is 0 Å². The summed E-state index contributed by atoms with van der Waals surface area (Å²) in [6, 6.07) is 10.7. The fraction of sp³-hybridized carbons (Fsp3) is 0.778. The van der Waals surface area contributed by atoms with Crippen molar-refractivity contribution >= 4 is 18.4 Å². The van der Waals surface area contributed by atoms with E-state index in [1.165, 1.54) is 57.4 Å². The molecule has 3 nitrogen and oxygen atoms in total. The SMILES string of the molecule is CCC[CH2][Sn]([CH2]CCC)([CH2]CCC)[C@H](CC)O[C@H](c1ccccc1)[C@H]1COC(C)(C)O1. The average Bonchev–Trinajstić information content (AvgIpc) is 3.14. The average molecular weight is 539 g/mol. The van der Waals surface area contributed by atoms with Crippen LogP contribution in [0.1, 0.15) is 98.2 Å². The molecule has 0 bridgehead atoms. The van der Waals surface area contributed by atoms with E-state index >= 15 is 0 Å². The zero-order valence-electron chi connectivity index (χ0n) is 21.1. The molecule has 1 saturated heterocycles. The molecule has 0 radical (unpaired) electrons. The van der Waals surface area contributed by atoms with Gasteiger partial charge in [0, 0.05) is 0 Å². The van der Waals surface area contributed by atoms with Crippen molar-refractivity contribution in [2.45, 2.75) is 122 Å². The molecule has 0 aliphatic carbocycles. The minimum absolute atomic E-state index is 0.0426. The fourth-order valence-electron chi connectivity index (χ4n) is 5.18. The molecular weight excluding hydrogens is 491 g/mol. The Labute approximate surface area is 196 Å². The van der Waals surface area contributed by atoms with Crippen LogP contribution in [0.2, 0.25) is 13.3 Å². The summed E-state index contributed by atoms with van der Waals surface area (Å²) < 4.78 is 24.4. The summed E-state index contributed by atoms with van der Waals surface area (Å²) in [6.07, 6.45) is 9.04. The summed E-state index contributed by atoms with van der Waals surface area (Å²) in [6.45, 7) is 14.0. The van der Waals surface area contributed by atoms with Gasteiger partial charge in [0.05, 0.1) is 0 Å². The second-order valence-corrected chi connectivity index (χ2v) is 23.8. The van der Waals surface area contributed by atoms with E-state index in [1.807, 2.05) is 13.8 Å². The van der Waals surface area contributed by atoms with Crippen molar-refractivity contribution in [2.24, 2.45) is 0 Å². The first-order valence-electron chi connectivity index (χ1n) is 12.9. The van der Waals surface area contributed by atoms with Crippen LogP contribution in [-0.2, 0) is 14.2 Å². The van der Waals surface area contributed by atoms with Crippen molar-refractivity contribution in [2.75, 3.05) is 6.61 Å². The monoisotopic (exact) mass is 540 g/mol. The van der Waals surface area contributed by atoms with Crippen LogP contribution in [0.3, 0.4) is 0 Å². The molecule has 1 heterocycles. The van der Waals surface area contributed by atoms with Crippen LogP contribution < -0.4 is 0 Å². The first-order chi connectivity index (χ1) is 14.9. The van der Waals surface area contributed by atoms with Gasteiger partial charge in [-0.05, 0) is 0 Å². The summed E-state index contributed by atoms with van der Waals surface area (Å²) in [5.74, 6) is -0.532. The van der Waals surface area contributed by atoms with Gasteiger partial charge in [-0.1, -0.05) is 0 Å². The van der Waals surface area contributed by atoms with Gasteiger partial charge in [0.25, 0.3) is 0 Å². The van der Waals surface area contributed by atoms with Crippen LogP contribution in [0, 0.1) is 0 Å². The zero-order chi connectivity index (χ0) is 22.7. The molecule has 3 atom stereocenters. The Hall–Kier alpha value is -0.101. The molecular formula is C27H48O3Sn. The van der Waals surface area contributed by atoms with Gasteiger partial charge in [0.1, 0.15) is 0 Å². The molecule has 178 valence electrons. The predicted octanol–water partition coefficient (Wildman–Crippen LogP) is 8.06. The maximum atomic E-state index is 7.21. The van der Waals surface area contributed by atoms with Gasteiger partial charge in [-0.3, -0.25) is 0 Å². The van der Waals surface area contributed by atoms with E-state index in [0.717, 1.165) is 6.42 Å². The van der Waals surface area contributed by atoms with E-state index in [1.54, 1.807) is 0 Å². The van der Waals surface area contributed by atoms with Crippen molar-refractivity contribution in [1.29, 1.82) is 0 Å². The van der Waals surface area contributed by atoms with Gasteiger partial charge in [0.2, 0.25) is 0 Å². The number of hydrogen-bond donors (Lipinski definition) is 0. The van der Waals surface area contributed by atoms with Gasteiger partial charge in [-0.15, -0.1) is 0 Å². The minimum atomic E-state index is -2.53. The Kier molecular flexibility index (Phi) is 11.9. The van der Waals surface area contributed by atoms with Crippen LogP contribution in [0.25, 0.3) is 0 Å². The van der Waals surface area contributed by atoms with Gasteiger partial charge < -0.3 is 0 Å². The Morgan fingerprint density at radius 1 is 0.935 bits per heavy atom. The summed E-state index contributed by atoms with van der Waals surface area (Å²) >= 11 is -2.53. The molecule has 0 aromatic heterocycles. The molecule has 0 N–H and O–H groups in total. The zero-order valence-corrected chi connectivity index (χ0v) is 24.0. The van der Waals surface area contributed by atoms with Crippen molar-refractivity contribution in [3.05, 3.63) is 35.9 Å². The van der Waals surface area contributed by atoms with Gasteiger partial charge in [0.15, 0.2) is 0 Å². The Balaban J connectivity index is 2.35. The number of rotatable bonds is 15. The van der Waals surface area contributed by atoms with Gasteiger partial charge in [-0.2, -0.15) is 0 Å². The predicted molar refractivity (Wildman–Crippen MR) is 134 cm³/mol. The Morgan fingerprint density at radius 2 is 1.48 bits per heavy atom. The van der Waals surface area contributed by atoms with Gasteiger partial charge in [-0.25, -0.2) is 0 Å². The van der Waals surface area contributed by atoms with Gasteiger partial charge >= 0.3 is 197 Å². The molecule has 2 rings (SSSR count). The molecule has 0 amide bonds. The third-order valence-corrected chi connectivity index (χ3v) is 24.0. The van der Waals surface area contributed by atoms with Crippen LogP contribution >= 0.6 is 0 Å². The first kappa shape index (κ1) is 27.1. The summed E-state index contributed by atoms with van der Waals surface area (Å²) in [5.41, 5.74) is 1.23. The summed E-state index contributed by atoms with van der Waals surface area (Å²) in [5, 5.41) is 0. The molecule has 4 heteroatoms. The van der Waals surface area contributed by atoms with Crippen molar-refractivity contribution < 1.29 is 14.2 Å². The molecule has 0 spiro atoms. The molecule has 1 aromatic rings. The van der Waals surface area contributed by atoms with E-state index < -0.39 is 24.2 Å². The Bertz CT molecular complexity index is 582.